The molecule has 4 nitrogen and oxygen atoms in total. The van der Waals surface area contributed by atoms with Crippen molar-refractivity contribution in [2.24, 2.45) is 0 Å². The molecule has 0 fully saturated rings. The van der Waals surface area contributed by atoms with Crippen LogP contribution in [0.15, 0.2) is 65.4 Å². The van der Waals surface area contributed by atoms with E-state index in [0.717, 1.165) is 28.4 Å². The lowest BCUT2D eigenvalue weighted by molar-refractivity contribution is -0.137. The molecule has 0 spiro atoms. The molecule has 0 radical (unpaired) electrons. The van der Waals surface area contributed by atoms with Crippen molar-refractivity contribution in [2.45, 2.75) is 19.1 Å². The predicted octanol–water partition coefficient (Wildman–Crippen LogP) is 5.81. The van der Waals surface area contributed by atoms with E-state index in [1.54, 1.807) is 5.38 Å². The largest absolute Gasteiger partial charge is 0.416 e. The number of nitrogens with zero attached hydrogens (tertiary/aromatic N) is 2. The Balaban J connectivity index is 1.33. The van der Waals surface area contributed by atoms with Crippen LogP contribution in [0.25, 0.3) is 21.8 Å². The third-order valence-corrected chi connectivity index (χ3v) is 6.20. The first-order valence-corrected chi connectivity index (χ1v) is 11.0. The van der Waals surface area contributed by atoms with Gasteiger partial charge in [-0.3, -0.25) is 4.79 Å². The standard InChI is InChI=1S/C22H16F3N3OS2/c23-22(24,25)16-8-6-15(7-9-16)21-27-17(12-31-21)10-19(29)26-11-20-28-18(13-30-20)14-4-2-1-3-5-14/h1-9,12-13H,10-11H2,(H,26,29). The second kappa shape index (κ2) is 8.99. The Morgan fingerprint density at radius 3 is 2.35 bits per heavy atom. The first-order valence-electron chi connectivity index (χ1n) is 9.27. The maximum Gasteiger partial charge on any atom is 0.416 e. The molecule has 4 aromatic rings. The van der Waals surface area contributed by atoms with Crippen LogP contribution in [0.1, 0.15) is 16.3 Å². The van der Waals surface area contributed by atoms with Crippen molar-refractivity contribution in [3.05, 3.63) is 81.6 Å². The number of rotatable bonds is 6. The molecule has 0 aliphatic heterocycles. The van der Waals surface area contributed by atoms with Gasteiger partial charge in [0.15, 0.2) is 0 Å². The van der Waals surface area contributed by atoms with E-state index < -0.39 is 11.7 Å². The van der Waals surface area contributed by atoms with Gasteiger partial charge in [-0.2, -0.15) is 13.2 Å². The number of thiazole rings is 2. The second-order valence-electron chi connectivity index (χ2n) is 6.67. The van der Waals surface area contributed by atoms with Crippen molar-refractivity contribution in [2.75, 3.05) is 0 Å². The molecule has 2 aromatic heterocycles. The quantitative estimate of drug-likeness (QED) is 0.396. The summed E-state index contributed by atoms with van der Waals surface area (Å²) in [6.45, 7) is 0.326. The number of amides is 1. The summed E-state index contributed by atoms with van der Waals surface area (Å²) < 4.78 is 38.1. The summed E-state index contributed by atoms with van der Waals surface area (Å²) in [6.07, 6.45) is -4.28. The fourth-order valence-corrected chi connectivity index (χ4v) is 4.43. The fourth-order valence-electron chi connectivity index (χ4n) is 2.86. The van der Waals surface area contributed by atoms with Gasteiger partial charge in [0, 0.05) is 21.9 Å². The van der Waals surface area contributed by atoms with Crippen LogP contribution in [0.2, 0.25) is 0 Å². The lowest BCUT2D eigenvalue weighted by Crippen LogP contribution is -2.24. The summed E-state index contributed by atoms with van der Waals surface area (Å²) in [6, 6.07) is 14.6. The van der Waals surface area contributed by atoms with E-state index in [-0.39, 0.29) is 12.3 Å². The Morgan fingerprint density at radius 1 is 0.903 bits per heavy atom. The smallest absolute Gasteiger partial charge is 0.349 e. The van der Waals surface area contributed by atoms with E-state index in [0.29, 0.717) is 22.8 Å². The van der Waals surface area contributed by atoms with Crippen LogP contribution in [-0.2, 0) is 23.9 Å². The van der Waals surface area contributed by atoms with Crippen molar-refractivity contribution in [3.8, 4) is 21.8 Å². The summed E-state index contributed by atoms with van der Waals surface area (Å²) >= 11 is 2.77. The first-order chi connectivity index (χ1) is 14.9. The predicted molar refractivity (Wildman–Crippen MR) is 116 cm³/mol. The number of carbonyl (C=O) groups excluding carboxylic acids is 1. The Labute approximate surface area is 184 Å². The van der Waals surface area contributed by atoms with E-state index >= 15 is 0 Å². The third kappa shape index (κ3) is 5.36. The summed E-state index contributed by atoms with van der Waals surface area (Å²) in [5, 5.41) is 7.90. The number of nitrogens with one attached hydrogen (secondary N) is 1. The van der Waals surface area contributed by atoms with Gasteiger partial charge in [0.1, 0.15) is 10.0 Å². The van der Waals surface area contributed by atoms with E-state index in [2.05, 4.69) is 15.3 Å². The maximum absolute atomic E-state index is 12.7. The molecule has 158 valence electrons. The van der Waals surface area contributed by atoms with Crippen molar-refractivity contribution in [3.63, 3.8) is 0 Å². The minimum atomic E-state index is -4.37. The summed E-state index contributed by atoms with van der Waals surface area (Å²) in [5.41, 5.74) is 2.34. The summed E-state index contributed by atoms with van der Waals surface area (Å²) in [4.78, 5) is 21.2. The van der Waals surface area contributed by atoms with Crippen LogP contribution in [0.4, 0.5) is 13.2 Å². The topological polar surface area (TPSA) is 54.9 Å². The van der Waals surface area contributed by atoms with Gasteiger partial charge in [-0.25, -0.2) is 9.97 Å². The van der Waals surface area contributed by atoms with Crippen LogP contribution in [0, 0.1) is 0 Å². The number of aromatic nitrogens is 2. The molecule has 4 rings (SSSR count). The van der Waals surface area contributed by atoms with Crippen LogP contribution >= 0.6 is 22.7 Å². The van der Waals surface area contributed by atoms with Gasteiger partial charge in [-0.15, -0.1) is 22.7 Å². The number of alkyl halides is 3. The molecule has 1 N–H and O–H groups in total. The van der Waals surface area contributed by atoms with E-state index in [4.69, 9.17) is 0 Å². The maximum atomic E-state index is 12.7. The molecule has 0 aliphatic rings. The number of hydrogen-bond donors (Lipinski definition) is 1. The van der Waals surface area contributed by atoms with Gasteiger partial charge < -0.3 is 5.32 Å². The highest BCUT2D eigenvalue weighted by molar-refractivity contribution is 7.13. The zero-order valence-electron chi connectivity index (χ0n) is 16.0. The van der Waals surface area contributed by atoms with Gasteiger partial charge in [0.25, 0.3) is 0 Å². The summed E-state index contributed by atoms with van der Waals surface area (Å²) in [5.74, 6) is -0.194. The van der Waals surface area contributed by atoms with Crippen LogP contribution in [-0.4, -0.2) is 15.9 Å². The zero-order chi connectivity index (χ0) is 21.8. The SMILES string of the molecule is O=C(Cc1csc(-c2ccc(C(F)(F)F)cc2)n1)NCc1nc(-c2ccccc2)cs1. The average Bonchev–Trinajstić information content (AvgIpc) is 3.42. The van der Waals surface area contributed by atoms with Crippen molar-refractivity contribution < 1.29 is 18.0 Å². The Kier molecular flexibility index (Phi) is 6.15. The van der Waals surface area contributed by atoms with Crippen molar-refractivity contribution in [1.29, 1.82) is 0 Å². The van der Waals surface area contributed by atoms with Crippen molar-refractivity contribution in [1.82, 2.24) is 15.3 Å². The Hall–Kier alpha value is -3.04. The highest BCUT2D eigenvalue weighted by Gasteiger charge is 2.30. The van der Waals surface area contributed by atoms with Crippen LogP contribution in [0.3, 0.4) is 0 Å². The molecule has 2 aromatic carbocycles. The minimum absolute atomic E-state index is 0.0913. The highest BCUT2D eigenvalue weighted by atomic mass is 32.1. The zero-order valence-corrected chi connectivity index (χ0v) is 17.7. The van der Waals surface area contributed by atoms with Gasteiger partial charge in [-0.05, 0) is 12.1 Å². The lowest BCUT2D eigenvalue weighted by atomic mass is 10.1. The molecule has 0 aliphatic carbocycles. The van der Waals surface area contributed by atoms with Crippen LogP contribution in [0.5, 0.6) is 0 Å². The van der Waals surface area contributed by atoms with Gasteiger partial charge >= 0.3 is 6.18 Å². The highest BCUT2D eigenvalue weighted by Crippen LogP contribution is 2.31. The molecule has 0 unspecified atom stereocenters. The van der Waals surface area contributed by atoms with E-state index in [1.165, 1.54) is 34.8 Å². The Bertz CT molecular complexity index is 1170. The van der Waals surface area contributed by atoms with E-state index in [9.17, 15) is 18.0 Å². The average molecular weight is 460 g/mol. The molecule has 0 atom stereocenters. The number of halogens is 3. The Morgan fingerprint density at radius 2 is 1.65 bits per heavy atom. The number of hydrogen-bond acceptors (Lipinski definition) is 5. The molecule has 9 heteroatoms. The van der Waals surface area contributed by atoms with Crippen molar-refractivity contribution >= 4 is 28.6 Å². The third-order valence-electron chi connectivity index (χ3n) is 4.41. The molecule has 31 heavy (non-hydrogen) atoms. The normalized spacial score (nSPS) is 11.5. The first kappa shape index (κ1) is 21.2. The molecule has 0 saturated carbocycles. The monoisotopic (exact) mass is 459 g/mol. The fraction of sp³-hybridized carbons (Fsp3) is 0.136. The molecule has 0 bridgehead atoms. The van der Waals surface area contributed by atoms with Gasteiger partial charge in [0.2, 0.25) is 5.91 Å². The molecule has 1 amide bonds. The van der Waals surface area contributed by atoms with Crippen LogP contribution < -0.4 is 5.32 Å². The molecular formula is C22H16F3N3OS2. The number of carbonyl (C=O) groups is 1. The minimum Gasteiger partial charge on any atom is -0.349 e. The second-order valence-corrected chi connectivity index (χ2v) is 8.47. The molecule has 2 heterocycles. The molecular weight excluding hydrogens is 443 g/mol. The number of benzene rings is 2. The molecule has 0 saturated heterocycles. The van der Waals surface area contributed by atoms with E-state index in [1.807, 2.05) is 35.7 Å². The summed E-state index contributed by atoms with van der Waals surface area (Å²) in [7, 11) is 0. The van der Waals surface area contributed by atoms with Gasteiger partial charge in [0.05, 0.1) is 29.9 Å². The van der Waals surface area contributed by atoms with Gasteiger partial charge in [-0.1, -0.05) is 42.5 Å². The lowest BCUT2D eigenvalue weighted by Gasteiger charge is -2.06.